The van der Waals surface area contributed by atoms with Crippen LogP contribution in [0.2, 0.25) is 0 Å². The van der Waals surface area contributed by atoms with Gasteiger partial charge in [-0.15, -0.1) is 0 Å². The van der Waals surface area contributed by atoms with Crippen LogP contribution in [0.25, 0.3) is 0 Å². The first-order chi connectivity index (χ1) is 17.3. The average molecular weight is 491 g/mol. The third-order valence-electron chi connectivity index (χ3n) is 7.29. The summed E-state index contributed by atoms with van der Waals surface area (Å²) in [5.41, 5.74) is 2.28. The maximum Gasteiger partial charge on any atom is 0.248 e. The quantitative estimate of drug-likeness (QED) is 0.596. The number of carbonyl (C=O) groups excluding carboxylic acids is 3. The van der Waals surface area contributed by atoms with E-state index in [1.807, 2.05) is 30.3 Å². The highest BCUT2D eigenvalue weighted by Gasteiger charge is 2.40. The molecule has 2 aliphatic rings. The molecule has 1 aromatic heterocycles. The molecule has 2 atom stereocenters. The number of carbonyl (C=O) groups is 3. The Hall–Kier alpha value is -3.06. The van der Waals surface area contributed by atoms with Gasteiger partial charge in [-0.2, -0.15) is 0 Å². The highest BCUT2D eigenvalue weighted by Crippen LogP contribution is 2.33. The van der Waals surface area contributed by atoms with E-state index >= 15 is 0 Å². The Morgan fingerprint density at radius 2 is 1.81 bits per heavy atom. The van der Waals surface area contributed by atoms with Crippen molar-refractivity contribution in [1.29, 1.82) is 0 Å². The van der Waals surface area contributed by atoms with Gasteiger partial charge in [0.15, 0.2) is 0 Å². The Labute approximate surface area is 214 Å². The van der Waals surface area contributed by atoms with E-state index in [1.165, 1.54) is 11.3 Å². The topological polar surface area (TPSA) is 91.4 Å². The van der Waals surface area contributed by atoms with Gasteiger partial charge in [0.2, 0.25) is 11.8 Å². The zero-order valence-corrected chi connectivity index (χ0v) is 21.6. The Bertz CT molecular complexity index is 1060. The second-order valence-electron chi connectivity index (χ2n) is 11.0. The predicted octanol–water partition coefficient (Wildman–Crippen LogP) is 4.08. The van der Waals surface area contributed by atoms with Crippen LogP contribution in [0.15, 0.2) is 48.8 Å². The summed E-state index contributed by atoms with van der Waals surface area (Å²) in [7, 11) is 0. The summed E-state index contributed by atoms with van der Waals surface area (Å²) in [6.07, 6.45) is 8.81. The first-order valence-corrected chi connectivity index (χ1v) is 13.1. The van der Waals surface area contributed by atoms with Gasteiger partial charge in [-0.05, 0) is 42.0 Å². The van der Waals surface area contributed by atoms with Crippen LogP contribution in [0.4, 0.5) is 5.69 Å². The number of rotatable bonds is 6. The fourth-order valence-electron chi connectivity index (χ4n) is 5.15. The average Bonchev–Trinajstić information content (AvgIpc) is 2.88. The largest absolute Gasteiger partial charge is 0.351 e. The Balaban J connectivity index is 1.77. The van der Waals surface area contributed by atoms with E-state index in [1.54, 1.807) is 18.5 Å². The normalized spacial score (nSPS) is 20.0. The molecule has 192 valence electrons. The maximum atomic E-state index is 14.1. The van der Waals surface area contributed by atoms with Gasteiger partial charge in [0, 0.05) is 49.2 Å². The van der Waals surface area contributed by atoms with Crippen molar-refractivity contribution in [3.8, 4) is 0 Å². The van der Waals surface area contributed by atoms with Gasteiger partial charge in [0.1, 0.15) is 17.7 Å². The van der Waals surface area contributed by atoms with Gasteiger partial charge in [-0.1, -0.05) is 58.2 Å². The number of aromatic nitrogens is 1. The van der Waals surface area contributed by atoms with Crippen LogP contribution in [-0.2, 0) is 19.8 Å². The minimum Gasteiger partial charge on any atom is -0.351 e. The molecule has 2 N–H and O–H groups in total. The van der Waals surface area contributed by atoms with Crippen LogP contribution in [0.5, 0.6) is 0 Å². The highest BCUT2D eigenvalue weighted by molar-refractivity contribution is 6.11. The van der Waals surface area contributed by atoms with E-state index in [9.17, 15) is 14.4 Å². The zero-order chi connectivity index (χ0) is 25.7. The molecule has 0 bridgehead atoms. The number of Topliss-reactive ketones (excluding diaryl/α,β-unsaturated/α-hetero) is 1. The lowest BCUT2D eigenvalue weighted by atomic mass is 9.87. The first kappa shape index (κ1) is 26.0. The number of ketones is 1. The van der Waals surface area contributed by atoms with Gasteiger partial charge >= 0.3 is 0 Å². The first-order valence-electron chi connectivity index (χ1n) is 13.1. The molecule has 1 aliphatic heterocycles. The number of nitrogens with zero attached hydrogens (tertiary/aromatic N) is 2. The smallest absolute Gasteiger partial charge is 0.248 e. The molecule has 0 spiro atoms. The van der Waals surface area contributed by atoms with Crippen LogP contribution in [-0.4, -0.2) is 41.7 Å². The monoisotopic (exact) mass is 490 g/mol. The maximum absolute atomic E-state index is 14.1. The molecule has 0 radical (unpaired) electrons. The number of hydrogen-bond donors (Lipinski definition) is 2. The highest BCUT2D eigenvalue weighted by atomic mass is 16.2. The summed E-state index contributed by atoms with van der Waals surface area (Å²) in [5, 5.41) is 6.39. The number of nitrogens with one attached hydrogen (secondary N) is 2. The van der Waals surface area contributed by atoms with E-state index in [0.717, 1.165) is 31.2 Å². The molecule has 2 fully saturated rings. The molecule has 2 aromatic rings. The molecular weight excluding hydrogens is 452 g/mol. The molecule has 2 heterocycles. The van der Waals surface area contributed by atoms with E-state index in [-0.39, 0.29) is 35.6 Å². The summed E-state index contributed by atoms with van der Waals surface area (Å²) < 4.78 is 0. The summed E-state index contributed by atoms with van der Waals surface area (Å²) in [6, 6.07) is 10.5. The number of anilines is 1. The molecule has 4 rings (SSSR count). The Morgan fingerprint density at radius 1 is 1.08 bits per heavy atom. The van der Waals surface area contributed by atoms with Gasteiger partial charge in [-0.25, -0.2) is 0 Å². The third kappa shape index (κ3) is 6.01. The van der Waals surface area contributed by atoms with Crippen LogP contribution in [0.3, 0.4) is 0 Å². The molecular formula is C29H38N4O3. The molecule has 7 heteroatoms. The number of hydrogen-bond acceptors (Lipinski definition) is 5. The molecule has 36 heavy (non-hydrogen) atoms. The van der Waals surface area contributed by atoms with Crippen molar-refractivity contribution < 1.29 is 14.4 Å². The third-order valence-corrected chi connectivity index (χ3v) is 7.29. The number of pyridine rings is 1. The molecule has 1 saturated heterocycles. The minimum atomic E-state index is -0.927. The fourth-order valence-corrected chi connectivity index (χ4v) is 5.15. The van der Waals surface area contributed by atoms with E-state index in [0.29, 0.717) is 24.2 Å². The lowest BCUT2D eigenvalue weighted by Crippen LogP contribution is -2.52. The van der Waals surface area contributed by atoms with Crippen molar-refractivity contribution in [2.24, 2.45) is 5.92 Å². The van der Waals surface area contributed by atoms with Crippen LogP contribution in [0.1, 0.15) is 76.5 Å². The van der Waals surface area contributed by atoms with Gasteiger partial charge in [-0.3, -0.25) is 24.3 Å². The van der Waals surface area contributed by atoms with Crippen molar-refractivity contribution in [1.82, 2.24) is 15.6 Å². The lowest BCUT2D eigenvalue weighted by molar-refractivity contribution is -0.135. The van der Waals surface area contributed by atoms with Crippen molar-refractivity contribution in [2.75, 3.05) is 18.0 Å². The van der Waals surface area contributed by atoms with E-state index in [2.05, 4.69) is 36.4 Å². The molecule has 1 aromatic carbocycles. The Kier molecular flexibility index (Phi) is 8.19. The summed E-state index contributed by atoms with van der Waals surface area (Å²) in [5.74, 6) is -1.52. The second kappa shape index (κ2) is 11.3. The van der Waals surface area contributed by atoms with Crippen LogP contribution < -0.4 is 15.5 Å². The minimum absolute atomic E-state index is 0.0578. The van der Waals surface area contributed by atoms with E-state index < -0.39 is 12.0 Å². The second-order valence-corrected chi connectivity index (χ2v) is 11.0. The van der Waals surface area contributed by atoms with Crippen molar-refractivity contribution >= 4 is 23.3 Å². The standard InChI is InChI=1S/C29H38N4O3/c1-29(2,3)21-11-13-23(14-12-21)33(28(36)24-19-31-17-15-25(24)34)26(20-8-7-16-30-18-20)27(35)32-22-9-5-4-6-10-22/h7-8,11-14,16,18,22,24,26,31H,4-6,9-10,15,17,19H2,1-3H3,(H,32,35). The molecule has 1 aliphatic carbocycles. The zero-order valence-electron chi connectivity index (χ0n) is 21.6. The van der Waals surface area contributed by atoms with Gasteiger partial charge in [0.25, 0.3) is 0 Å². The Morgan fingerprint density at radius 3 is 2.42 bits per heavy atom. The van der Waals surface area contributed by atoms with Crippen molar-refractivity contribution in [3.05, 3.63) is 59.9 Å². The SMILES string of the molecule is CC(C)(C)c1ccc(N(C(=O)C2CNCCC2=O)C(C(=O)NC2CCCCC2)c2cccnc2)cc1. The summed E-state index contributed by atoms with van der Waals surface area (Å²) in [4.78, 5) is 46.5. The number of piperidine rings is 1. The van der Waals surface area contributed by atoms with Crippen molar-refractivity contribution in [2.45, 2.75) is 76.8 Å². The van der Waals surface area contributed by atoms with Crippen molar-refractivity contribution in [3.63, 3.8) is 0 Å². The summed E-state index contributed by atoms with van der Waals surface area (Å²) >= 11 is 0. The van der Waals surface area contributed by atoms with E-state index in [4.69, 9.17) is 0 Å². The molecule has 1 saturated carbocycles. The summed E-state index contributed by atoms with van der Waals surface area (Å²) in [6.45, 7) is 7.24. The molecule has 7 nitrogen and oxygen atoms in total. The lowest BCUT2D eigenvalue weighted by Gasteiger charge is -2.36. The van der Waals surface area contributed by atoms with Crippen LogP contribution in [0, 0.1) is 5.92 Å². The number of benzene rings is 1. The molecule has 2 unspecified atom stereocenters. The fraction of sp³-hybridized carbons (Fsp3) is 0.517. The molecule has 2 amide bonds. The predicted molar refractivity (Wildman–Crippen MR) is 141 cm³/mol. The van der Waals surface area contributed by atoms with Gasteiger partial charge in [0.05, 0.1) is 0 Å². The van der Waals surface area contributed by atoms with Gasteiger partial charge < -0.3 is 10.6 Å². The van der Waals surface area contributed by atoms with Crippen LogP contribution >= 0.6 is 0 Å². The number of amides is 2.